The monoisotopic (exact) mass is 305 g/mol. The molecule has 0 bridgehead atoms. The lowest BCUT2D eigenvalue weighted by Gasteiger charge is -2.19. The minimum absolute atomic E-state index is 0.186. The fourth-order valence-electron chi connectivity index (χ4n) is 1.66. The summed E-state index contributed by atoms with van der Waals surface area (Å²) in [6, 6.07) is 2.10. The molecule has 1 N–H and O–H groups in total. The Kier molecular flexibility index (Phi) is 5.44. The number of aliphatic carboxylic acids is 1. The highest BCUT2D eigenvalue weighted by molar-refractivity contribution is 9.10. The molecule has 0 amide bonds. The van der Waals surface area contributed by atoms with Gasteiger partial charge in [-0.05, 0) is 35.0 Å². The van der Waals surface area contributed by atoms with E-state index in [2.05, 4.69) is 32.3 Å². The Bertz CT molecular complexity index is 354. The Hall–Kier alpha value is -0.390. The van der Waals surface area contributed by atoms with Crippen LogP contribution in [0.15, 0.2) is 15.9 Å². The smallest absolute Gasteiger partial charge is 0.303 e. The molecule has 90 valence electrons. The Balaban J connectivity index is 2.35. The maximum absolute atomic E-state index is 10.5. The van der Waals surface area contributed by atoms with Gasteiger partial charge in [0.25, 0.3) is 0 Å². The molecule has 0 spiro atoms. The third-order valence-electron chi connectivity index (χ3n) is 2.19. The van der Waals surface area contributed by atoms with Gasteiger partial charge < -0.3 is 10.0 Å². The van der Waals surface area contributed by atoms with E-state index in [1.807, 2.05) is 14.0 Å². The topological polar surface area (TPSA) is 40.5 Å². The van der Waals surface area contributed by atoms with E-state index in [0.29, 0.717) is 0 Å². The summed E-state index contributed by atoms with van der Waals surface area (Å²) in [4.78, 5) is 14.0. The number of carboxylic acid groups (broad SMARTS) is 1. The molecular weight excluding hydrogens is 290 g/mol. The minimum atomic E-state index is -0.722. The summed E-state index contributed by atoms with van der Waals surface area (Å²) in [6.45, 7) is 3.65. The summed E-state index contributed by atoms with van der Waals surface area (Å²) >= 11 is 5.13. The summed E-state index contributed by atoms with van der Waals surface area (Å²) in [7, 11) is 2.02. The second kappa shape index (κ2) is 6.37. The quantitative estimate of drug-likeness (QED) is 0.878. The minimum Gasteiger partial charge on any atom is -0.481 e. The lowest BCUT2D eigenvalue weighted by atomic mass is 10.1. The van der Waals surface area contributed by atoms with Crippen molar-refractivity contribution >= 4 is 33.2 Å². The van der Waals surface area contributed by atoms with Gasteiger partial charge >= 0.3 is 5.97 Å². The standard InChI is InChI=1S/C11H16BrNO2S/c1-8(3-11(14)15)5-13(2)6-10-4-9(12)7-16-10/h4,7-8H,3,5-6H2,1-2H3,(H,14,15). The van der Waals surface area contributed by atoms with Crippen LogP contribution in [0.1, 0.15) is 18.2 Å². The van der Waals surface area contributed by atoms with Gasteiger partial charge in [0.1, 0.15) is 0 Å². The van der Waals surface area contributed by atoms with E-state index in [-0.39, 0.29) is 12.3 Å². The van der Waals surface area contributed by atoms with E-state index in [0.717, 1.165) is 17.6 Å². The lowest BCUT2D eigenvalue weighted by Crippen LogP contribution is -2.25. The summed E-state index contributed by atoms with van der Waals surface area (Å²) in [5.74, 6) is -0.536. The fraction of sp³-hybridized carbons (Fsp3) is 0.545. The van der Waals surface area contributed by atoms with Crippen LogP contribution in [0.25, 0.3) is 0 Å². The van der Waals surface area contributed by atoms with Crippen molar-refractivity contribution in [3.05, 3.63) is 20.8 Å². The number of hydrogen-bond donors (Lipinski definition) is 1. The first kappa shape index (κ1) is 13.7. The molecule has 0 aliphatic heterocycles. The first-order chi connectivity index (χ1) is 7.47. The molecule has 16 heavy (non-hydrogen) atoms. The van der Waals surface area contributed by atoms with Crippen LogP contribution in [-0.4, -0.2) is 29.6 Å². The normalized spacial score (nSPS) is 13.0. The first-order valence-electron chi connectivity index (χ1n) is 5.10. The zero-order valence-electron chi connectivity index (χ0n) is 9.44. The molecular formula is C11H16BrNO2S. The van der Waals surface area contributed by atoms with Crippen LogP contribution < -0.4 is 0 Å². The third-order valence-corrected chi connectivity index (χ3v) is 3.88. The third kappa shape index (κ3) is 5.09. The molecule has 1 unspecified atom stereocenters. The molecule has 1 aromatic rings. The molecule has 0 fully saturated rings. The number of thiophene rings is 1. The number of carbonyl (C=O) groups is 1. The number of hydrogen-bond acceptors (Lipinski definition) is 3. The molecule has 1 heterocycles. The highest BCUT2D eigenvalue weighted by Crippen LogP contribution is 2.21. The van der Waals surface area contributed by atoms with Crippen molar-refractivity contribution in [1.29, 1.82) is 0 Å². The Morgan fingerprint density at radius 2 is 2.38 bits per heavy atom. The molecule has 3 nitrogen and oxygen atoms in total. The summed E-state index contributed by atoms with van der Waals surface area (Å²) in [6.07, 6.45) is 0.235. The van der Waals surface area contributed by atoms with Crippen LogP contribution in [0.4, 0.5) is 0 Å². The second-order valence-corrected chi connectivity index (χ2v) is 6.04. The van der Waals surface area contributed by atoms with Gasteiger partial charge in [0, 0.05) is 34.2 Å². The van der Waals surface area contributed by atoms with Gasteiger partial charge in [-0.1, -0.05) is 6.92 Å². The van der Waals surface area contributed by atoms with Gasteiger partial charge in [-0.25, -0.2) is 0 Å². The van der Waals surface area contributed by atoms with Gasteiger partial charge in [-0.3, -0.25) is 4.79 Å². The Morgan fingerprint density at radius 3 is 2.88 bits per heavy atom. The van der Waals surface area contributed by atoms with Crippen LogP contribution in [0.2, 0.25) is 0 Å². The van der Waals surface area contributed by atoms with E-state index < -0.39 is 5.97 Å². The van der Waals surface area contributed by atoms with Crippen LogP contribution in [-0.2, 0) is 11.3 Å². The van der Waals surface area contributed by atoms with E-state index in [4.69, 9.17) is 5.11 Å². The Labute approximate surface area is 108 Å². The predicted octanol–water partition coefficient (Wildman–Crippen LogP) is 3.05. The van der Waals surface area contributed by atoms with Crippen molar-refractivity contribution in [3.63, 3.8) is 0 Å². The van der Waals surface area contributed by atoms with Crippen molar-refractivity contribution in [2.45, 2.75) is 19.9 Å². The molecule has 0 aliphatic rings. The maximum Gasteiger partial charge on any atom is 0.303 e. The summed E-state index contributed by atoms with van der Waals surface area (Å²) in [5.41, 5.74) is 0. The molecule has 1 atom stereocenters. The van der Waals surface area contributed by atoms with Crippen LogP contribution in [0.5, 0.6) is 0 Å². The van der Waals surface area contributed by atoms with Gasteiger partial charge in [-0.2, -0.15) is 0 Å². The van der Waals surface area contributed by atoms with Crippen molar-refractivity contribution in [2.24, 2.45) is 5.92 Å². The van der Waals surface area contributed by atoms with Crippen molar-refractivity contribution < 1.29 is 9.90 Å². The zero-order chi connectivity index (χ0) is 12.1. The summed E-state index contributed by atoms with van der Waals surface area (Å²) in [5, 5.41) is 10.7. The van der Waals surface area contributed by atoms with Crippen molar-refractivity contribution in [3.8, 4) is 0 Å². The molecule has 1 aromatic heterocycles. The lowest BCUT2D eigenvalue weighted by molar-refractivity contribution is -0.138. The molecule has 0 saturated heterocycles. The molecule has 0 saturated carbocycles. The average Bonchev–Trinajstić information content (AvgIpc) is 2.48. The second-order valence-electron chi connectivity index (χ2n) is 4.13. The van der Waals surface area contributed by atoms with E-state index in [1.54, 1.807) is 11.3 Å². The van der Waals surface area contributed by atoms with E-state index in [1.165, 1.54) is 4.88 Å². The largest absolute Gasteiger partial charge is 0.481 e. The molecule has 0 aliphatic carbocycles. The maximum atomic E-state index is 10.5. The number of carboxylic acids is 1. The molecule has 0 aromatic carbocycles. The number of halogens is 1. The summed E-state index contributed by atoms with van der Waals surface area (Å²) < 4.78 is 1.11. The first-order valence-corrected chi connectivity index (χ1v) is 6.78. The van der Waals surface area contributed by atoms with Crippen LogP contribution in [0.3, 0.4) is 0 Å². The van der Waals surface area contributed by atoms with Gasteiger partial charge in [-0.15, -0.1) is 11.3 Å². The highest BCUT2D eigenvalue weighted by Gasteiger charge is 2.11. The van der Waals surface area contributed by atoms with Crippen molar-refractivity contribution in [1.82, 2.24) is 4.90 Å². The number of nitrogens with zero attached hydrogens (tertiary/aromatic N) is 1. The highest BCUT2D eigenvalue weighted by atomic mass is 79.9. The zero-order valence-corrected chi connectivity index (χ0v) is 11.8. The average molecular weight is 306 g/mol. The van der Waals surface area contributed by atoms with Gasteiger partial charge in [0.15, 0.2) is 0 Å². The van der Waals surface area contributed by atoms with Crippen LogP contribution >= 0.6 is 27.3 Å². The Morgan fingerprint density at radius 1 is 1.69 bits per heavy atom. The van der Waals surface area contributed by atoms with E-state index in [9.17, 15) is 4.79 Å². The van der Waals surface area contributed by atoms with Gasteiger partial charge in [0.05, 0.1) is 0 Å². The van der Waals surface area contributed by atoms with E-state index >= 15 is 0 Å². The number of rotatable bonds is 6. The van der Waals surface area contributed by atoms with Crippen LogP contribution in [0, 0.1) is 5.92 Å². The fourth-order valence-corrected chi connectivity index (χ4v) is 3.19. The molecule has 5 heteroatoms. The van der Waals surface area contributed by atoms with Gasteiger partial charge in [0.2, 0.25) is 0 Å². The van der Waals surface area contributed by atoms with Crippen molar-refractivity contribution in [2.75, 3.05) is 13.6 Å². The molecule has 0 radical (unpaired) electrons. The molecule has 1 rings (SSSR count). The predicted molar refractivity (Wildman–Crippen MR) is 69.8 cm³/mol. The SMILES string of the molecule is CC(CC(=O)O)CN(C)Cc1cc(Br)cs1.